The Morgan fingerprint density at radius 3 is 1.92 bits per heavy atom. The Labute approximate surface area is 150 Å². The van der Waals surface area contributed by atoms with Crippen LogP contribution in [0.5, 0.6) is 0 Å². The van der Waals surface area contributed by atoms with Crippen molar-refractivity contribution < 1.29 is 0 Å². The highest BCUT2D eigenvalue weighted by atomic mass is 16.2. The van der Waals surface area contributed by atoms with E-state index in [2.05, 4.69) is 0 Å². The zero-order valence-corrected chi connectivity index (χ0v) is 14.5. The molecule has 1 aromatic carbocycles. The summed E-state index contributed by atoms with van der Waals surface area (Å²) in [5.41, 5.74) is 1.23. The van der Waals surface area contributed by atoms with Crippen LogP contribution >= 0.6 is 0 Å². The zero-order chi connectivity index (χ0) is 17.0. The molecule has 2 unspecified atom stereocenters. The SMILES string of the molecule is O=c1n(-c2ccccc2)c(=O)n2n1[C@H]1[C@H]3C4C5[C@@]16CCCCC[C@]56[C@H]2[C@@H]43. The highest BCUT2D eigenvalue weighted by Crippen LogP contribution is 3.04. The number of aromatic nitrogens is 3. The van der Waals surface area contributed by atoms with Crippen molar-refractivity contribution in [2.75, 3.05) is 0 Å². The van der Waals surface area contributed by atoms with Gasteiger partial charge in [0, 0.05) is 10.8 Å². The summed E-state index contributed by atoms with van der Waals surface area (Å²) in [5.74, 6) is 3.01. The fourth-order valence-electron chi connectivity index (χ4n) is 9.27. The topological polar surface area (TPSA) is 48.9 Å². The molecule has 132 valence electrons. The minimum atomic E-state index is -0.0972. The van der Waals surface area contributed by atoms with E-state index in [1.54, 1.807) is 0 Å². The Morgan fingerprint density at radius 2 is 1.35 bits per heavy atom. The van der Waals surface area contributed by atoms with E-state index >= 15 is 0 Å². The van der Waals surface area contributed by atoms with E-state index < -0.39 is 0 Å². The molecule has 3 heterocycles. The third-order valence-corrected chi connectivity index (χ3v) is 9.48. The molecule has 2 aliphatic heterocycles. The molecule has 0 saturated heterocycles. The van der Waals surface area contributed by atoms with Gasteiger partial charge >= 0.3 is 11.4 Å². The van der Waals surface area contributed by atoms with E-state index in [9.17, 15) is 9.59 Å². The quantitative estimate of drug-likeness (QED) is 0.795. The van der Waals surface area contributed by atoms with Crippen LogP contribution in [0, 0.1) is 34.5 Å². The Hall–Kier alpha value is -2.04. The van der Waals surface area contributed by atoms with E-state index in [1.807, 2.05) is 39.7 Å². The molecule has 0 radical (unpaired) electrons. The van der Waals surface area contributed by atoms with Crippen LogP contribution in [0.4, 0.5) is 0 Å². The minimum Gasteiger partial charge on any atom is -0.245 e. The number of hydrogen-bond donors (Lipinski definition) is 0. The van der Waals surface area contributed by atoms with Crippen molar-refractivity contribution in [1.82, 2.24) is 13.9 Å². The predicted molar refractivity (Wildman–Crippen MR) is 94.3 cm³/mol. The first-order valence-electron chi connectivity index (χ1n) is 10.3. The lowest BCUT2D eigenvalue weighted by molar-refractivity contribution is -0.00428. The molecule has 2 bridgehead atoms. The summed E-state index contributed by atoms with van der Waals surface area (Å²) in [6.07, 6.45) is 6.52. The maximum absolute atomic E-state index is 13.4. The van der Waals surface area contributed by atoms with Crippen LogP contribution in [-0.4, -0.2) is 13.9 Å². The number of para-hydroxylation sites is 1. The molecule has 0 amide bonds. The molecule has 2 spiro atoms. The lowest BCUT2D eigenvalue weighted by atomic mass is 9.69. The number of benzene rings is 1. The second-order valence-electron chi connectivity index (χ2n) is 9.67. The second kappa shape index (κ2) is 3.54. The number of hydrogen-bond acceptors (Lipinski definition) is 2. The Balaban J connectivity index is 1.45. The lowest BCUT2D eigenvalue weighted by Gasteiger charge is -2.48. The average Bonchev–Trinajstić information content (AvgIpc) is 3.42. The van der Waals surface area contributed by atoms with Gasteiger partial charge in [0.05, 0.1) is 17.8 Å². The summed E-state index contributed by atoms with van der Waals surface area (Å²) in [6.45, 7) is 0. The maximum Gasteiger partial charge on any atom is 0.352 e. The second-order valence-corrected chi connectivity index (χ2v) is 9.67. The summed E-state index contributed by atoms with van der Waals surface area (Å²) < 4.78 is 5.31. The fourth-order valence-corrected chi connectivity index (χ4v) is 9.27. The van der Waals surface area contributed by atoms with E-state index in [0.717, 1.165) is 11.8 Å². The fraction of sp³-hybridized carbons (Fsp3) is 0.619. The number of rotatable bonds is 1. The molecule has 8 atom stereocenters. The lowest BCUT2D eigenvalue weighted by Crippen LogP contribution is -2.52. The van der Waals surface area contributed by atoms with Crippen LogP contribution < -0.4 is 11.4 Å². The summed E-state index contributed by atoms with van der Waals surface area (Å²) in [6, 6.07) is 10.1. The zero-order valence-electron chi connectivity index (χ0n) is 14.5. The van der Waals surface area contributed by atoms with Gasteiger partial charge in [-0.2, -0.15) is 0 Å². The molecule has 0 N–H and O–H groups in total. The summed E-state index contributed by atoms with van der Waals surface area (Å²) in [4.78, 5) is 26.8. The van der Waals surface area contributed by atoms with Gasteiger partial charge in [-0.15, -0.1) is 0 Å². The smallest absolute Gasteiger partial charge is 0.245 e. The van der Waals surface area contributed by atoms with Crippen LogP contribution in [0.3, 0.4) is 0 Å². The first-order valence-corrected chi connectivity index (χ1v) is 10.3. The van der Waals surface area contributed by atoms with E-state index in [0.29, 0.717) is 40.4 Å². The first-order chi connectivity index (χ1) is 12.7. The van der Waals surface area contributed by atoms with Gasteiger partial charge in [-0.25, -0.2) is 23.5 Å². The van der Waals surface area contributed by atoms with Gasteiger partial charge < -0.3 is 0 Å². The van der Waals surface area contributed by atoms with Crippen LogP contribution in [-0.2, 0) is 0 Å². The molecular formula is C21H21N3O2. The third kappa shape index (κ3) is 0.946. The van der Waals surface area contributed by atoms with E-state index in [4.69, 9.17) is 0 Å². The van der Waals surface area contributed by atoms with Gasteiger partial charge in [0.1, 0.15) is 0 Å². The van der Waals surface area contributed by atoms with Crippen molar-refractivity contribution in [3.63, 3.8) is 0 Å². The molecule has 26 heavy (non-hydrogen) atoms. The molecule has 5 nitrogen and oxygen atoms in total. The summed E-state index contributed by atoms with van der Waals surface area (Å²) in [7, 11) is 0. The highest BCUT2D eigenvalue weighted by molar-refractivity contribution is 5.49. The highest BCUT2D eigenvalue weighted by Gasteiger charge is 3.02. The Kier molecular flexibility index (Phi) is 1.79. The third-order valence-electron chi connectivity index (χ3n) is 9.48. The number of nitrogens with zero attached hydrogens (tertiary/aromatic N) is 3. The molecule has 7 aliphatic rings. The first kappa shape index (κ1) is 13.2. The molecule has 2 aromatic rings. The van der Waals surface area contributed by atoms with Gasteiger partial charge in [0.2, 0.25) is 0 Å². The largest absolute Gasteiger partial charge is 0.352 e. The molecule has 9 rings (SSSR count). The monoisotopic (exact) mass is 347 g/mol. The molecule has 1 aromatic heterocycles. The normalized spacial score (nSPS) is 50.2. The van der Waals surface area contributed by atoms with Crippen molar-refractivity contribution in [3.05, 3.63) is 51.3 Å². The van der Waals surface area contributed by atoms with Gasteiger partial charge in [0.15, 0.2) is 0 Å². The Bertz CT molecular complexity index is 1060. The standard InChI is InChI=1S/C21H21N3O2/c25-18-22(11-7-3-1-4-8-11)19(26)24-17-14-12-13(14)16(23(18)24)20-9-5-2-6-10-21(17,20)15(12)20/h1,3-4,7-8,12-17H,2,5-6,9-10H2/t12?,13-,14-,15?,16-,17+,20-,21+/m0/s1. The minimum absolute atomic E-state index is 0.0972. The van der Waals surface area contributed by atoms with Gasteiger partial charge in [-0.05, 0) is 48.6 Å². The van der Waals surface area contributed by atoms with Gasteiger partial charge in [-0.3, -0.25) is 0 Å². The van der Waals surface area contributed by atoms with Crippen LogP contribution in [0.15, 0.2) is 39.9 Å². The molecule has 5 aliphatic carbocycles. The van der Waals surface area contributed by atoms with Crippen LogP contribution in [0.1, 0.15) is 44.2 Å². The summed E-state index contributed by atoms with van der Waals surface area (Å²) >= 11 is 0. The summed E-state index contributed by atoms with van der Waals surface area (Å²) in [5, 5.41) is 0. The van der Waals surface area contributed by atoms with Crippen LogP contribution in [0.25, 0.3) is 5.69 Å². The predicted octanol–water partition coefficient (Wildman–Crippen LogP) is 2.35. The molecular weight excluding hydrogens is 326 g/mol. The molecule has 5 fully saturated rings. The molecule has 5 heteroatoms. The van der Waals surface area contributed by atoms with E-state index in [-0.39, 0.29) is 11.4 Å². The van der Waals surface area contributed by atoms with Gasteiger partial charge in [-0.1, -0.05) is 37.5 Å². The van der Waals surface area contributed by atoms with Crippen molar-refractivity contribution in [2.24, 2.45) is 34.5 Å². The Morgan fingerprint density at radius 1 is 0.769 bits per heavy atom. The molecule has 5 saturated carbocycles. The van der Waals surface area contributed by atoms with Crippen LogP contribution in [0.2, 0.25) is 0 Å². The van der Waals surface area contributed by atoms with Crippen molar-refractivity contribution in [2.45, 2.75) is 44.2 Å². The van der Waals surface area contributed by atoms with E-state index in [1.165, 1.54) is 36.7 Å². The van der Waals surface area contributed by atoms with Gasteiger partial charge in [0.25, 0.3) is 0 Å². The average molecular weight is 347 g/mol. The maximum atomic E-state index is 13.4. The van der Waals surface area contributed by atoms with Crippen molar-refractivity contribution in [1.29, 1.82) is 0 Å². The van der Waals surface area contributed by atoms with Crippen molar-refractivity contribution in [3.8, 4) is 5.69 Å². The van der Waals surface area contributed by atoms with Crippen molar-refractivity contribution >= 4 is 0 Å².